The van der Waals surface area contributed by atoms with E-state index in [-0.39, 0.29) is 17.3 Å². The van der Waals surface area contributed by atoms with Gasteiger partial charge in [0, 0.05) is 25.5 Å². The number of carboxylic acids is 1. The van der Waals surface area contributed by atoms with Gasteiger partial charge in [-0.3, -0.25) is 4.79 Å². The van der Waals surface area contributed by atoms with E-state index in [0.717, 1.165) is 0 Å². The summed E-state index contributed by atoms with van der Waals surface area (Å²) in [5.41, 5.74) is 1.42. The van der Waals surface area contributed by atoms with Crippen molar-refractivity contribution >= 4 is 34.9 Å². The van der Waals surface area contributed by atoms with Crippen molar-refractivity contribution in [2.75, 3.05) is 24.8 Å². The van der Waals surface area contributed by atoms with Crippen LogP contribution in [0.3, 0.4) is 0 Å². The van der Waals surface area contributed by atoms with Gasteiger partial charge in [-0.1, -0.05) is 12.1 Å². The van der Waals surface area contributed by atoms with Crippen LogP contribution in [0.25, 0.3) is 0 Å². The quantitative estimate of drug-likeness (QED) is 0.483. The third-order valence-corrected chi connectivity index (χ3v) is 4.04. The van der Waals surface area contributed by atoms with Crippen LogP contribution in [-0.2, 0) is 0 Å². The number of carbonyl (C=O) groups excluding carboxylic acids is 1. The number of methoxy groups -OCH3 is 1. The number of aromatic nitrogens is 2. The summed E-state index contributed by atoms with van der Waals surface area (Å²) in [6.45, 7) is 0. The van der Waals surface area contributed by atoms with Crippen molar-refractivity contribution in [2.45, 2.75) is 0 Å². The average molecular weight is 393 g/mol. The number of carbonyl (C=O) groups is 2. The average Bonchev–Trinajstić information content (AvgIpc) is 2.74. The Kier molecular flexibility index (Phi) is 5.88. The molecule has 29 heavy (non-hydrogen) atoms. The molecule has 1 amide bonds. The predicted octanol–water partition coefficient (Wildman–Crippen LogP) is 3.03. The molecule has 0 unspecified atom stereocenters. The summed E-state index contributed by atoms with van der Waals surface area (Å²) in [7, 11) is 3.07. The number of amides is 1. The Morgan fingerprint density at radius 1 is 1.00 bits per heavy atom. The number of ether oxygens (including phenoxy) is 1. The number of hydrogen-bond donors (Lipinski definition) is 4. The highest BCUT2D eigenvalue weighted by Crippen LogP contribution is 2.30. The van der Waals surface area contributed by atoms with E-state index in [1.54, 1.807) is 25.3 Å². The summed E-state index contributed by atoms with van der Waals surface area (Å²) in [6, 6.07) is 11.8. The number of nitrogens with zero attached hydrogens (tertiary/aromatic N) is 2. The first-order valence-electron chi connectivity index (χ1n) is 8.61. The minimum absolute atomic E-state index is 0.00363. The highest BCUT2D eigenvalue weighted by molar-refractivity contribution is 6.00. The maximum atomic E-state index is 12.3. The van der Waals surface area contributed by atoms with Crippen LogP contribution in [0.5, 0.6) is 5.75 Å². The Labute approximate surface area is 166 Å². The molecule has 3 rings (SSSR count). The maximum Gasteiger partial charge on any atom is 0.339 e. The standard InChI is InChI=1S/C20H19N5O4/c1-21-19(26)13-11-23-17(25-18-12(20(27)28)6-5-9-22-18)10-15(13)24-14-7-3-4-8-16(14)29-2/h3-11H,1-2H3,(H,21,26)(H,27,28)(H2,22,23,24,25). The normalized spacial score (nSPS) is 10.1. The van der Waals surface area contributed by atoms with E-state index in [0.29, 0.717) is 28.5 Å². The lowest BCUT2D eigenvalue weighted by Gasteiger charge is -2.15. The Balaban J connectivity index is 2.00. The number of hydrogen-bond acceptors (Lipinski definition) is 7. The summed E-state index contributed by atoms with van der Waals surface area (Å²) < 4.78 is 5.34. The second kappa shape index (κ2) is 8.70. The molecule has 0 aliphatic carbocycles. The SMILES string of the molecule is CNC(=O)c1cnc(Nc2ncccc2C(=O)O)cc1Nc1ccccc1OC. The molecule has 9 nitrogen and oxygen atoms in total. The van der Waals surface area contributed by atoms with E-state index in [2.05, 4.69) is 25.9 Å². The Hall–Kier alpha value is -4.14. The Bertz CT molecular complexity index is 1050. The van der Waals surface area contributed by atoms with E-state index in [4.69, 9.17) is 4.74 Å². The van der Waals surface area contributed by atoms with Gasteiger partial charge in [-0.15, -0.1) is 0 Å². The van der Waals surface area contributed by atoms with Gasteiger partial charge < -0.3 is 25.8 Å². The van der Waals surface area contributed by atoms with Crippen molar-refractivity contribution in [1.29, 1.82) is 0 Å². The monoisotopic (exact) mass is 393 g/mol. The van der Waals surface area contributed by atoms with Gasteiger partial charge in [0.2, 0.25) is 0 Å². The molecule has 0 bridgehead atoms. The molecule has 0 fully saturated rings. The largest absolute Gasteiger partial charge is 0.495 e. The number of nitrogens with one attached hydrogen (secondary N) is 3. The molecule has 0 aliphatic rings. The number of anilines is 4. The van der Waals surface area contributed by atoms with Crippen molar-refractivity contribution in [3.63, 3.8) is 0 Å². The van der Waals surface area contributed by atoms with Gasteiger partial charge in [0.25, 0.3) is 5.91 Å². The van der Waals surface area contributed by atoms with Crippen LogP contribution in [0.1, 0.15) is 20.7 Å². The lowest BCUT2D eigenvalue weighted by molar-refractivity contribution is 0.0697. The van der Waals surface area contributed by atoms with Gasteiger partial charge in [-0.2, -0.15) is 0 Å². The molecule has 1 aromatic carbocycles. The molecule has 3 aromatic rings. The fourth-order valence-corrected chi connectivity index (χ4v) is 2.63. The van der Waals surface area contributed by atoms with E-state index in [1.807, 2.05) is 12.1 Å². The van der Waals surface area contributed by atoms with Crippen LogP contribution in [0, 0.1) is 0 Å². The summed E-state index contributed by atoms with van der Waals surface area (Å²) in [5.74, 6) is -0.389. The zero-order chi connectivity index (χ0) is 20.8. The smallest absolute Gasteiger partial charge is 0.339 e. The molecule has 0 saturated heterocycles. The zero-order valence-corrected chi connectivity index (χ0v) is 15.8. The van der Waals surface area contributed by atoms with Crippen molar-refractivity contribution in [3.05, 3.63) is 66.0 Å². The first-order valence-corrected chi connectivity index (χ1v) is 8.61. The van der Waals surface area contributed by atoms with Crippen molar-refractivity contribution < 1.29 is 19.4 Å². The second-order valence-electron chi connectivity index (χ2n) is 5.85. The molecule has 2 aromatic heterocycles. The highest BCUT2D eigenvalue weighted by Gasteiger charge is 2.16. The minimum atomic E-state index is -1.12. The third-order valence-electron chi connectivity index (χ3n) is 4.04. The van der Waals surface area contributed by atoms with Gasteiger partial charge in [0.05, 0.1) is 24.0 Å². The number of benzene rings is 1. The molecule has 0 spiro atoms. The van der Waals surface area contributed by atoms with E-state index < -0.39 is 5.97 Å². The van der Waals surface area contributed by atoms with Crippen LogP contribution in [0.2, 0.25) is 0 Å². The summed E-state index contributed by atoms with van der Waals surface area (Å²) in [6.07, 6.45) is 2.87. The van der Waals surface area contributed by atoms with E-state index in [9.17, 15) is 14.7 Å². The van der Waals surface area contributed by atoms with Gasteiger partial charge >= 0.3 is 5.97 Å². The van der Waals surface area contributed by atoms with Crippen LogP contribution < -0.4 is 20.7 Å². The predicted molar refractivity (Wildman–Crippen MR) is 108 cm³/mol. The number of pyridine rings is 2. The number of aromatic carboxylic acids is 1. The first-order chi connectivity index (χ1) is 14.0. The van der Waals surface area contributed by atoms with Crippen LogP contribution in [0.15, 0.2) is 54.9 Å². The van der Waals surface area contributed by atoms with Crippen molar-refractivity contribution in [3.8, 4) is 5.75 Å². The van der Waals surface area contributed by atoms with Crippen molar-refractivity contribution in [1.82, 2.24) is 15.3 Å². The molecular formula is C20H19N5O4. The lowest BCUT2D eigenvalue weighted by Crippen LogP contribution is -2.19. The van der Waals surface area contributed by atoms with E-state index >= 15 is 0 Å². The zero-order valence-electron chi connectivity index (χ0n) is 15.8. The van der Waals surface area contributed by atoms with Crippen LogP contribution >= 0.6 is 0 Å². The summed E-state index contributed by atoms with van der Waals surface area (Å²) in [5, 5.41) is 17.9. The molecule has 2 heterocycles. The Morgan fingerprint density at radius 3 is 2.52 bits per heavy atom. The first kappa shape index (κ1) is 19.6. The maximum absolute atomic E-state index is 12.3. The fourth-order valence-electron chi connectivity index (χ4n) is 2.63. The van der Waals surface area contributed by atoms with Gasteiger partial charge in [-0.25, -0.2) is 14.8 Å². The minimum Gasteiger partial charge on any atom is -0.495 e. The third kappa shape index (κ3) is 4.41. The van der Waals surface area contributed by atoms with Crippen LogP contribution in [-0.4, -0.2) is 41.1 Å². The molecule has 148 valence electrons. The number of para-hydroxylation sites is 2. The number of carboxylic acid groups (broad SMARTS) is 1. The van der Waals surface area contributed by atoms with Gasteiger partial charge in [0.1, 0.15) is 22.9 Å². The van der Waals surface area contributed by atoms with Gasteiger partial charge in [0.15, 0.2) is 0 Å². The van der Waals surface area contributed by atoms with E-state index in [1.165, 1.54) is 31.6 Å². The van der Waals surface area contributed by atoms with Crippen LogP contribution in [0.4, 0.5) is 23.0 Å². The highest BCUT2D eigenvalue weighted by atomic mass is 16.5. The number of rotatable bonds is 7. The molecule has 4 N–H and O–H groups in total. The van der Waals surface area contributed by atoms with Crippen molar-refractivity contribution in [2.24, 2.45) is 0 Å². The fraction of sp³-hybridized carbons (Fsp3) is 0.100. The molecule has 9 heteroatoms. The molecule has 0 aliphatic heterocycles. The van der Waals surface area contributed by atoms with Gasteiger partial charge in [-0.05, 0) is 24.3 Å². The summed E-state index contributed by atoms with van der Waals surface area (Å²) in [4.78, 5) is 31.9. The Morgan fingerprint density at radius 2 is 1.79 bits per heavy atom. The molecular weight excluding hydrogens is 374 g/mol. The lowest BCUT2D eigenvalue weighted by atomic mass is 10.2. The molecule has 0 atom stereocenters. The summed E-state index contributed by atoms with van der Waals surface area (Å²) >= 11 is 0. The molecule has 0 saturated carbocycles. The topological polar surface area (TPSA) is 125 Å². The molecule has 0 radical (unpaired) electrons. The second-order valence-corrected chi connectivity index (χ2v) is 5.85.